The Morgan fingerprint density at radius 1 is 1.21 bits per heavy atom. The van der Waals surface area contributed by atoms with Crippen LogP contribution < -0.4 is 10.1 Å². The summed E-state index contributed by atoms with van der Waals surface area (Å²) in [5.41, 5.74) is 1.76. The fourth-order valence-electron chi connectivity index (χ4n) is 3.37. The Morgan fingerprint density at radius 3 is 2.76 bits per heavy atom. The first-order chi connectivity index (χ1) is 13.9. The van der Waals surface area contributed by atoms with Crippen molar-refractivity contribution >= 4 is 21.8 Å². The molecule has 0 aliphatic carbocycles. The SMILES string of the molecule is CC(C)(CCCO[N+](=O)[O-])NCC(O)COc1cccc2[nH]c3ccccc3c12. The molecule has 2 aromatic carbocycles. The van der Waals surface area contributed by atoms with Crippen LogP contribution in [-0.4, -0.2) is 46.6 Å². The minimum atomic E-state index is -0.782. The van der Waals surface area contributed by atoms with Gasteiger partial charge in [-0.25, -0.2) is 0 Å². The molecule has 0 aliphatic rings. The van der Waals surface area contributed by atoms with Crippen molar-refractivity contribution in [2.75, 3.05) is 19.8 Å². The van der Waals surface area contributed by atoms with E-state index >= 15 is 0 Å². The number of hydrogen-bond acceptors (Lipinski definition) is 6. The Labute approximate surface area is 168 Å². The average Bonchev–Trinajstić information content (AvgIpc) is 3.07. The maximum absolute atomic E-state index is 10.3. The normalized spacial score (nSPS) is 12.9. The number of ether oxygens (including phenoxy) is 1. The second kappa shape index (κ2) is 9.11. The highest BCUT2D eigenvalue weighted by molar-refractivity contribution is 6.10. The zero-order valence-corrected chi connectivity index (χ0v) is 16.7. The van der Waals surface area contributed by atoms with Crippen molar-refractivity contribution < 1.29 is 19.8 Å². The van der Waals surface area contributed by atoms with Crippen LogP contribution in [0.3, 0.4) is 0 Å². The predicted octanol–water partition coefficient (Wildman–Crippen LogP) is 3.42. The van der Waals surface area contributed by atoms with Gasteiger partial charge in [0.25, 0.3) is 5.09 Å². The fourth-order valence-corrected chi connectivity index (χ4v) is 3.37. The van der Waals surface area contributed by atoms with Gasteiger partial charge in [0.15, 0.2) is 0 Å². The van der Waals surface area contributed by atoms with E-state index in [4.69, 9.17) is 4.74 Å². The molecule has 3 rings (SSSR count). The van der Waals surface area contributed by atoms with E-state index in [1.807, 2.05) is 56.3 Å². The Bertz CT molecular complexity index is 969. The third-order valence-electron chi connectivity index (χ3n) is 4.88. The Morgan fingerprint density at radius 2 is 1.97 bits per heavy atom. The van der Waals surface area contributed by atoms with E-state index in [2.05, 4.69) is 15.1 Å². The summed E-state index contributed by atoms with van der Waals surface area (Å²) in [6.07, 6.45) is 0.545. The van der Waals surface area contributed by atoms with Gasteiger partial charge < -0.3 is 25.0 Å². The highest BCUT2D eigenvalue weighted by Crippen LogP contribution is 2.32. The van der Waals surface area contributed by atoms with Gasteiger partial charge in [-0.3, -0.25) is 0 Å². The molecule has 0 spiro atoms. The predicted molar refractivity (Wildman–Crippen MR) is 112 cm³/mol. The number of H-pyrrole nitrogens is 1. The highest BCUT2D eigenvalue weighted by atomic mass is 16.9. The van der Waals surface area contributed by atoms with E-state index in [0.29, 0.717) is 19.4 Å². The number of rotatable bonds is 11. The number of aliphatic hydroxyl groups is 1. The molecule has 0 amide bonds. The number of para-hydroxylation sites is 1. The molecule has 0 bridgehead atoms. The van der Waals surface area contributed by atoms with Crippen molar-refractivity contribution in [3.05, 3.63) is 52.6 Å². The molecule has 3 N–H and O–H groups in total. The van der Waals surface area contributed by atoms with Crippen LogP contribution in [-0.2, 0) is 4.84 Å². The van der Waals surface area contributed by atoms with Crippen LogP contribution >= 0.6 is 0 Å². The number of aliphatic hydroxyl groups excluding tert-OH is 1. The monoisotopic (exact) mass is 401 g/mol. The quantitative estimate of drug-likeness (QED) is 0.258. The first-order valence-electron chi connectivity index (χ1n) is 9.68. The van der Waals surface area contributed by atoms with Gasteiger partial charge >= 0.3 is 0 Å². The summed E-state index contributed by atoms with van der Waals surface area (Å²) in [5, 5.41) is 25.1. The van der Waals surface area contributed by atoms with Crippen LogP contribution in [0, 0.1) is 10.1 Å². The Kier molecular flexibility index (Phi) is 6.56. The summed E-state index contributed by atoms with van der Waals surface area (Å²) in [4.78, 5) is 17.9. The van der Waals surface area contributed by atoms with Gasteiger partial charge in [0, 0.05) is 28.4 Å². The molecule has 0 aliphatic heterocycles. The molecule has 156 valence electrons. The highest BCUT2D eigenvalue weighted by Gasteiger charge is 2.19. The number of benzene rings is 2. The largest absolute Gasteiger partial charge is 0.490 e. The van der Waals surface area contributed by atoms with Gasteiger partial charge in [-0.2, -0.15) is 0 Å². The standard InChI is InChI=1S/C21H27N3O5/c1-21(2,11-6-12-29-24(26)27)22-13-15(25)14-28-19-10-5-9-18-20(19)16-7-3-4-8-17(16)23-18/h3-5,7-10,15,22-23,25H,6,11-14H2,1-2H3. The van der Waals surface area contributed by atoms with Crippen molar-refractivity contribution in [2.45, 2.75) is 38.3 Å². The van der Waals surface area contributed by atoms with Crippen LogP contribution in [0.15, 0.2) is 42.5 Å². The minimum Gasteiger partial charge on any atom is -0.490 e. The molecule has 8 nitrogen and oxygen atoms in total. The average molecular weight is 401 g/mol. The molecule has 0 saturated heterocycles. The fraction of sp³-hybridized carbons (Fsp3) is 0.429. The maximum Gasteiger partial charge on any atom is 0.294 e. The molecule has 3 aromatic rings. The van der Waals surface area contributed by atoms with Gasteiger partial charge in [-0.15, -0.1) is 10.1 Å². The Hall–Kier alpha value is -2.84. The van der Waals surface area contributed by atoms with Gasteiger partial charge in [0.05, 0.1) is 12.1 Å². The van der Waals surface area contributed by atoms with Crippen LogP contribution in [0.4, 0.5) is 0 Å². The molecule has 1 heterocycles. The smallest absolute Gasteiger partial charge is 0.294 e. The van der Waals surface area contributed by atoms with Gasteiger partial charge in [0.1, 0.15) is 18.5 Å². The van der Waals surface area contributed by atoms with E-state index in [1.165, 1.54) is 0 Å². The van der Waals surface area contributed by atoms with E-state index in [1.54, 1.807) is 0 Å². The summed E-state index contributed by atoms with van der Waals surface area (Å²) in [7, 11) is 0. The summed E-state index contributed by atoms with van der Waals surface area (Å²) in [6, 6.07) is 13.9. The van der Waals surface area contributed by atoms with E-state index in [-0.39, 0.29) is 18.8 Å². The van der Waals surface area contributed by atoms with Crippen molar-refractivity contribution in [1.29, 1.82) is 0 Å². The number of fused-ring (bicyclic) bond motifs is 3. The Balaban J connectivity index is 1.53. The van der Waals surface area contributed by atoms with E-state index in [9.17, 15) is 15.2 Å². The van der Waals surface area contributed by atoms with Crippen molar-refractivity contribution in [3.63, 3.8) is 0 Å². The van der Waals surface area contributed by atoms with E-state index in [0.717, 1.165) is 27.6 Å². The van der Waals surface area contributed by atoms with E-state index < -0.39 is 11.2 Å². The lowest BCUT2D eigenvalue weighted by molar-refractivity contribution is -0.757. The number of aromatic amines is 1. The maximum atomic E-state index is 10.3. The second-order valence-corrected chi connectivity index (χ2v) is 7.74. The lowest BCUT2D eigenvalue weighted by Crippen LogP contribution is -2.44. The van der Waals surface area contributed by atoms with Crippen LogP contribution in [0.2, 0.25) is 0 Å². The van der Waals surface area contributed by atoms with Crippen molar-refractivity contribution in [3.8, 4) is 5.75 Å². The third-order valence-corrected chi connectivity index (χ3v) is 4.88. The molecular formula is C21H27N3O5. The third kappa shape index (κ3) is 5.58. The zero-order chi connectivity index (χ0) is 20.9. The molecular weight excluding hydrogens is 374 g/mol. The van der Waals surface area contributed by atoms with Crippen LogP contribution in [0.5, 0.6) is 5.75 Å². The summed E-state index contributed by atoms with van der Waals surface area (Å²) >= 11 is 0. The topological polar surface area (TPSA) is 110 Å². The molecule has 1 aromatic heterocycles. The summed E-state index contributed by atoms with van der Waals surface area (Å²) < 4.78 is 5.93. The minimum absolute atomic E-state index is 0.0679. The van der Waals surface area contributed by atoms with Gasteiger partial charge in [-0.05, 0) is 44.9 Å². The number of nitrogens with zero attached hydrogens (tertiary/aromatic N) is 1. The lowest BCUT2D eigenvalue weighted by Gasteiger charge is -2.27. The van der Waals surface area contributed by atoms with Crippen molar-refractivity contribution in [1.82, 2.24) is 10.3 Å². The first kappa shape index (κ1) is 20.9. The molecule has 29 heavy (non-hydrogen) atoms. The number of hydrogen-bond donors (Lipinski definition) is 3. The molecule has 0 radical (unpaired) electrons. The van der Waals surface area contributed by atoms with Crippen molar-refractivity contribution in [2.24, 2.45) is 0 Å². The van der Waals surface area contributed by atoms with Crippen LogP contribution in [0.1, 0.15) is 26.7 Å². The summed E-state index contributed by atoms with van der Waals surface area (Å²) in [5.74, 6) is 0.732. The number of aromatic nitrogens is 1. The van der Waals surface area contributed by atoms with Crippen LogP contribution in [0.25, 0.3) is 21.8 Å². The molecule has 1 unspecified atom stereocenters. The lowest BCUT2D eigenvalue weighted by atomic mass is 9.98. The molecule has 0 saturated carbocycles. The first-order valence-corrected chi connectivity index (χ1v) is 9.68. The number of β-amino-alcohol motifs (C(OH)–C–C–N with tert-alkyl or cyclic N) is 1. The molecule has 8 heteroatoms. The second-order valence-electron chi connectivity index (χ2n) is 7.74. The molecule has 1 atom stereocenters. The zero-order valence-electron chi connectivity index (χ0n) is 16.7. The van der Waals surface area contributed by atoms with Gasteiger partial charge in [0.2, 0.25) is 0 Å². The van der Waals surface area contributed by atoms with Gasteiger partial charge in [-0.1, -0.05) is 24.3 Å². The molecule has 0 fully saturated rings. The summed E-state index contributed by atoms with van der Waals surface area (Å²) in [6.45, 7) is 4.55. The number of nitrogens with one attached hydrogen (secondary N) is 2.